The summed E-state index contributed by atoms with van der Waals surface area (Å²) in [5.74, 6) is 1.14. The van der Waals surface area contributed by atoms with Crippen LogP contribution in [0.25, 0.3) is 0 Å². The molecule has 5 rings (SSSR count). The van der Waals surface area contributed by atoms with Gasteiger partial charge in [0.15, 0.2) is 5.82 Å². The lowest BCUT2D eigenvalue weighted by molar-refractivity contribution is 0.131. The fourth-order valence-electron chi connectivity index (χ4n) is 4.50. The highest BCUT2D eigenvalue weighted by Gasteiger charge is 2.44. The maximum Gasteiger partial charge on any atom is 0.158 e. The van der Waals surface area contributed by atoms with Crippen LogP contribution in [0, 0.1) is 5.41 Å². The minimum atomic E-state index is -1.02. The summed E-state index contributed by atoms with van der Waals surface area (Å²) < 4.78 is 19.9. The van der Waals surface area contributed by atoms with Crippen LogP contribution in [-0.2, 0) is 4.74 Å². The van der Waals surface area contributed by atoms with Crippen LogP contribution in [0.2, 0.25) is 0 Å². The van der Waals surface area contributed by atoms with Gasteiger partial charge in [-0.2, -0.15) is 0 Å². The maximum atomic E-state index is 14.3. The van der Waals surface area contributed by atoms with E-state index in [4.69, 9.17) is 16.2 Å². The number of rotatable bonds is 3. The third kappa shape index (κ3) is 3.31. The number of hydrogen-bond acceptors (Lipinski definition) is 8. The van der Waals surface area contributed by atoms with Crippen molar-refractivity contribution < 1.29 is 9.13 Å². The number of nitrogen functional groups attached to an aromatic ring is 1. The zero-order chi connectivity index (χ0) is 20.0. The third-order valence-corrected chi connectivity index (χ3v) is 7.45. The van der Waals surface area contributed by atoms with Crippen molar-refractivity contribution in [3.63, 3.8) is 0 Å². The minimum Gasteiger partial charge on any atom is -0.381 e. The van der Waals surface area contributed by atoms with Crippen LogP contribution < -0.4 is 21.7 Å². The van der Waals surface area contributed by atoms with Crippen LogP contribution in [0.15, 0.2) is 34.3 Å². The normalized spacial score (nSPS) is 25.2. The molecule has 29 heavy (non-hydrogen) atoms. The number of nitrogens with two attached hydrogens (primary N) is 2. The standard InChI is InChI=1S/C20H25FN6OS/c21-12-8-24-13-2-1-3-14(17(12)13)29-19-18(23)26-16(9-25-19)27-6-4-20(5-7-27)11-28-10-15(20)22/h1-3,9,12,15,24H,4-8,10-11,22H2,(H2,23,26)/t12?,15-/m1/s1. The number of nitrogens with one attached hydrogen (secondary N) is 1. The fraction of sp³-hybridized carbons (Fsp3) is 0.500. The Kier molecular flexibility index (Phi) is 4.76. The van der Waals surface area contributed by atoms with Crippen molar-refractivity contribution in [2.24, 2.45) is 11.1 Å². The molecule has 1 aromatic heterocycles. The van der Waals surface area contributed by atoms with E-state index in [9.17, 15) is 4.39 Å². The number of ether oxygens (including phenoxy) is 1. The van der Waals surface area contributed by atoms with E-state index in [1.54, 1.807) is 6.20 Å². The van der Waals surface area contributed by atoms with Crippen molar-refractivity contribution >= 4 is 29.1 Å². The summed E-state index contributed by atoms with van der Waals surface area (Å²) in [6, 6.07) is 5.81. The SMILES string of the molecule is Nc1nc(N2CCC3(CC2)COC[C@H]3N)cnc1Sc1cccc2c1C(F)CN2. The number of anilines is 3. The van der Waals surface area contributed by atoms with Gasteiger partial charge in [0.2, 0.25) is 0 Å². The zero-order valence-corrected chi connectivity index (χ0v) is 16.9. The Balaban J connectivity index is 1.31. The lowest BCUT2D eigenvalue weighted by atomic mass is 9.75. The summed E-state index contributed by atoms with van der Waals surface area (Å²) in [5, 5.41) is 3.68. The number of aromatic nitrogens is 2. The highest BCUT2D eigenvalue weighted by molar-refractivity contribution is 7.99. The molecule has 2 atom stereocenters. The van der Waals surface area contributed by atoms with Crippen molar-refractivity contribution in [2.75, 3.05) is 48.8 Å². The monoisotopic (exact) mass is 416 g/mol. The maximum absolute atomic E-state index is 14.3. The first kappa shape index (κ1) is 18.9. The van der Waals surface area contributed by atoms with Crippen LogP contribution in [0.1, 0.15) is 24.6 Å². The largest absolute Gasteiger partial charge is 0.381 e. The average molecular weight is 417 g/mol. The van der Waals surface area contributed by atoms with Gasteiger partial charge in [0, 0.05) is 40.7 Å². The molecule has 4 heterocycles. The molecule has 2 saturated heterocycles. The first-order valence-corrected chi connectivity index (χ1v) is 10.8. The van der Waals surface area contributed by atoms with Gasteiger partial charge in [-0.3, -0.25) is 0 Å². The predicted molar refractivity (Wildman–Crippen MR) is 112 cm³/mol. The molecule has 3 aliphatic heterocycles. The van der Waals surface area contributed by atoms with Gasteiger partial charge in [0.25, 0.3) is 0 Å². The van der Waals surface area contributed by atoms with Crippen molar-refractivity contribution in [3.8, 4) is 0 Å². The third-order valence-electron chi connectivity index (χ3n) is 6.37. The molecule has 2 aromatic rings. The van der Waals surface area contributed by atoms with Crippen LogP contribution >= 0.6 is 11.8 Å². The number of alkyl halides is 1. The molecule has 9 heteroatoms. The van der Waals surface area contributed by atoms with Gasteiger partial charge < -0.3 is 26.4 Å². The van der Waals surface area contributed by atoms with Crippen molar-refractivity contribution in [1.29, 1.82) is 0 Å². The van der Waals surface area contributed by atoms with Crippen molar-refractivity contribution in [3.05, 3.63) is 30.0 Å². The summed E-state index contributed by atoms with van der Waals surface area (Å²) in [6.45, 7) is 3.42. The first-order valence-electron chi connectivity index (χ1n) is 9.95. The Morgan fingerprint density at radius 2 is 2.14 bits per heavy atom. The lowest BCUT2D eigenvalue weighted by Crippen LogP contribution is -2.49. The molecule has 1 unspecified atom stereocenters. The summed E-state index contributed by atoms with van der Waals surface area (Å²) >= 11 is 1.36. The molecule has 154 valence electrons. The van der Waals surface area contributed by atoms with Crippen LogP contribution in [0.4, 0.5) is 21.7 Å². The molecule has 0 amide bonds. The van der Waals surface area contributed by atoms with E-state index in [2.05, 4.69) is 20.2 Å². The summed E-state index contributed by atoms with van der Waals surface area (Å²) in [6.07, 6.45) is 2.70. The Morgan fingerprint density at radius 3 is 2.86 bits per heavy atom. The quantitative estimate of drug-likeness (QED) is 0.702. The molecule has 1 aromatic carbocycles. The molecule has 7 nitrogen and oxygen atoms in total. The molecule has 3 aliphatic rings. The smallest absolute Gasteiger partial charge is 0.158 e. The van der Waals surface area contributed by atoms with E-state index in [1.807, 2.05) is 18.2 Å². The molecular weight excluding hydrogens is 391 g/mol. The fourth-order valence-corrected chi connectivity index (χ4v) is 5.46. The van der Waals surface area contributed by atoms with Gasteiger partial charge in [0.1, 0.15) is 17.0 Å². The van der Waals surface area contributed by atoms with Crippen molar-refractivity contribution in [1.82, 2.24) is 9.97 Å². The van der Waals surface area contributed by atoms with E-state index in [1.165, 1.54) is 11.8 Å². The topological polar surface area (TPSA) is 102 Å². The van der Waals surface area contributed by atoms with E-state index in [0.717, 1.165) is 48.9 Å². The van der Waals surface area contributed by atoms with Crippen LogP contribution in [-0.4, -0.2) is 48.9 Å². The number of hydrogen-bond donors (Lipinski definition) is 3. The summed E-state index contributed by atoms with van der Waals surface area (Å²) in [7, 11) is 0. The summed E-state index contributed by atoms with van der Waals surface area (Å²) in [4.78, 5) is 12.2. The van der Waals surface area contributed by atoms with Gasteiger partial charge in [-0.15, -0.1) is 0 Å². The number of halogens is 1. The molecular formula is C20H25FN6OS. The van der Waals surface area contributed by atoms with Gasteiger partial charge in [0.05, 0.1) is 26.0 Å². The van der Waals surface area contributed by atoms with Crippen LogP contribution in [0.5, 0.6) is 0 Å². The summed E-state index contributed by atoms with van der Waals surface area (Å²) in [5.41, 5.74) is 14.1. The molecule has 1 spiro atoms. The van der Waals surface area contributed by atoms with Crippen LogP contribution in [0.3, 0.4) is 0 Å². The number of benzene rings is 1. The second-order valence-corrected chi connectivity index (χ2v) is 9.09. The Hall–Kier alpha value is -2.10. The minimum absolute atomic E-state index is 0.0931. The van der Waals surface area contributed by atoms with E-state index < -0.39 is 6.17 Å². The Labute approximate surface area is 173 Å². The lowest BCUT2D eigenvalue weighted by Gasteiger charge is -2.41. The number of nitrogens with zero attached hydrogens (tertiary/aromatic N) is 3. The molecule has 0 radical (unpaired) electrons. The molecule has 0 aliphatic carbocycles. The zero-order valence-electron chi connectivity index (χ0n) is 16.1. The first-order chi connectivity index (χ1) is 14.1. The molecule has 0 saturated carbocycles. The number of fused-ring (bicyclic) bond motifs is 1. The molecule has 5 N–H and O–H groups in total. The molecule has 0 bridgehead atoms. The Bertz CT molecular complexity index is 920. The molecule has 2 fully saturated rings. The van der Waals surface area contributed by atoms with Crippen molar-refractivity contribution in [2.45, 2.75) is 35.0 Å². The van der Waals surface area contributed by atoms with Gasteiger partial charge in [-0.05, 0) is 25.0 Å². The second-order valence-electron chi connectivity index (χ2n) is 8.06. The van der Waals surface area contributed by atoms with E-state index in [-0.39, 0.29) is 11.5 Å². The highest BCUT2D eigenvalue weighted by atomic mass is 32.2. The second kappa shape index (κ2) is 7.30. The van der Waals surface area contributed by atoms with E-state index >= 15 is 0 Å². The predicted octanol–water partition coefficient (Wildman–Crippen LogP) is 2.59. The highest BCUT2D eigenvalue weighted by Crippen LogP contribution is 2.43. The average Bonchev–Trinajstić information content (AvgIpc) is 3.28. The van der Waals surface area contributed by atoms with Gasteiger partial charge >= 0.3 is 0 Å². The number of piperidine rings is 1. The Morgan fingerprint density at radius 1 is 1.31 bits per heavy atom. The van der Waals surface area contributed by atoms with E-state index in [0.29, 0.717) is 29.6 Å². The van der Waals surface area contributed by atoms with Gasteiger partial charge in [-0.1, -0.05) is 17.8 Å². The van der Waals surface area contributed by atoms with Gasteiger partial charge in [-0.25, -0.2) is 14.4 Å².